The normalized spacial score (nSPS) is 11.1. The molecular formula is C9H7F3N2S. The predicted molar refractivity (Wildman–Crippen MR) is 52.3 cm³/mol. The number of nitrogen functional groups attached to an aromatic ring is 1. The van der Waals surface area contributed by atoms with Crippen LogP contribution in [0.15, 0.2) is 23.1 Å². The van der Waals surface area contributed by atoms with E-state index in [0.29, 0.717) is 17.4 Å². The van der Waals surface area contributed by atoms with E-state index in [0.717, 1.165) is 0 Å². The maximum Gasteiger partial charge on any atom is 0.398 e. The molecule has 0 aliphatic rings. The quantitative estimate of drug-likeness (QED) is 0.630. The number of nitrogens with zero attached hydrogens (tertiary/aromatic N) is 1. The first-order valence-corrected chi connectivity index (χ1v) is 4.90. The summed E-state index contributed by atoms with van der Waals surface area (Å²) in [7, 11) is 0. The molecule has 0 fully saturated rings. The van der Waals surface area contributed by atoms with Crippen molar-refractivity contribution in [3.05, 3.63) is 23.8 Å². The van der Waals surface area contributed by atoms with Crippen molar-refractivity contribution in [2.24, 2.45) is 0 Å². The zero-order valence-corrected chi connectivity index (χ0v) is 8.32. The summed E-state index contributed by atoms with van der Waals surface area (Å²) in [5.74, 6) is -1.02. The van der Waals surface area contributed by atoms with Gasteiger partial charge >= 0.3 is 6.18 Å². The molecule has 2 N–H and O–H groups in total. The SMILES string of the molecule is N#Cc1ccc(N)cc1SCC(F)(F)F. The first kappa shape index (κ1) is 11.7. The highest BCUT2D eigenvalue weighted by Gasteiger charge is 2.27. The maximum absolute atomic E-state index is 11.9. The third-order valence-corrected chi connectivity index (χ3v) is 2.64. The summed E-state index contributed by atoms with van der Waals surface area (Å²) in [6.45, 7) is 0. The summed E-state index contributed by atoms with van der Waals surface area (Å²) >= 11 is 0.565. The van der Waals surface area contributed by atoms with Gasteiger partial charge in [0.15, 0.2) is 0 Å². The summed E-state index contributed by atoms with van der Waals surface area (Å²) in [5.41, 5.74) is 5.97. The van der Waals surface area contributed by atoms with Crippen molar-refractivity contribution < 1.29 is 13.2 Å². The summed E-state index contributed by atoms with van der Waals surface area (Å²) in [6, 6.07) is 6.08. The van der Waals surface area contributed by atoms with E-state index in [9.17, 15) is 13.2 Å². The lowest BCUT2D eigenvalue weighted by Gasteiger charge is -2.07. The average Bonchev–Trinajstić information content (AvgIpc) is 2.14. The van der Waals surface area contributed by atoms with Crippen molar-refractivity contribution in [1.29, 1.82) is 5.26 Å². The van der Waals surface area contributed by atoms with E-state index in [4.69, 9.17) is 11.0 Å². The predicted octanol–water partition coefficient (Wildman–Crippen LogP) is 2.79. The molecule has 0 amide bonds. The van der Waals surface area contributed by atoms with Crippen LogP contribution >= 0.6 is 11.8 Å². The Morgan fingerprint density at radius 3 is 2.60 bits per heavy atom. The number of alkyl halides is 3. The Bertz CT molecular complexity index is 395. The van der Waals surface area contributed by atoms with Gasteiger partial charge in [-0.1, -0.05) is 0 Å². The van der Waals surface area contributed by atoms with Gasteiger partial charge < -0.3 is 5.73 Å². The van der Waals surface area contributed by atoms with Gasteiger partial charge in [-0.05, 0) is 18.2 Å². The van der Waals surface area contributed by atoms with Crippen LogP contribution in [0.25, 0.3) is 0 Å². The molecule has 0 saturated carbocycles. The molecule has 0 aliphatic heterocycles. The van der Waals surface area contributed by atoms with Gasteiger partial charge in [0.2, 0.25) is 0 Å². The minimum absolute atomic E-state index is 0.207. The first-order chi connectivity index (χ1) is 6.92. The maximum atomic E-state index is 11.9. The topological polar surface area (TPSA) is 49.8 Å². The van der Waals surface area contributed by atoms with E-state index >= 15 is 0 Å². The van der Waals surface area contributed by atoms with E-state index in [1.807, 2.05) is 6.07 Å². The molecule has 80 valence electrons. The number of benzene rings is 1. The minimum Gasteiger partial charge on any atom is -0.399 e. The highest BCUT2D eigenvalue weighted by molar-refractivity contribution is 7.99. The van der Waals surface area contributed by atoms with Crippen LogP contribution in [-0.4, -0.2) is 11.9 Å². The highest BCUT2D eigenvalue weighted by atomic mass is 32.2. The molecule has 0 saturated heterocycles. The van der Waals surface area contributed by atoms with Crippen molar-refractivity contribution in [1.82, 2.24) is 0 Å². The smallest absolute Gasteiger partial charge is 0.398 e. The number of rotatable bonds is 2. The molecule has 6 heteroatoms. The van der Waals surface area contributed by atoms with Gasteiger partial charge in [-0.15, -0.1) is 11.8 Å². The standard InChI is InChI=1S/C9H7F3N2S/c10-9(11,12)5-15-8-3-7(14)2-1-6(8)4-13/h1-3H,5,14H2. The average molecular weight is 232 g/mol. The molecule has 2 nitrogen and oxygen atoms in total. The van der Waals surface area contributed by atoms with Crippen LogP contribution in [-0.2, 0) is 0 Å². The fourth-order valence-electron chi connectivity index (χ4n) is 0.910. The zero-order valence-electron chi connectivity index (χ0n) is 7.51. The zero-order chi connectivity index (χ0) is 11.5. The number of anilines is 1. The van der Waals surface area contributed by atoms with Crippen LogP contribution in [0.3, 0.4) is 0 Å². The van der Waals surface area contributed by atoms with Crippen molar-refractivity contribution >= 4 is 17.4 Å². The van der Waals surface area contributed by atoms with Crippen LogP contribution in [0.2, 0.25) is 0 Å². The van der Waals surface area contributed by atoms with Gasteiger partial charge in [0, 0.05) is 10.6 Å². The van der Waals surface area contributed by atoms with E-state index < -0.39 is 11.9 Å². The summed E-state index contributed by atoms with van der Waals surface area (Å²) in [5, 5.41) is 8.65. The molecular weight excluding hydrogens is 225 g/mol. The first-order valence-electron chi connectivity index (χ1n) is 3.91. The number of hydrogen-bond acceptors (Lipinski definition) is 3. The van der Waals surface area contributed by atoms with E-state index in [1.54, 1.807) is 0 Å². The van der Waals surface area contributed by atoms with Crippen LogP contribution in [0.4, 0.5) is 18.9 Å². The number of nitriles is 1. The summed E-state index contributed by atoms with van der Waals surface area (Å²) < 4.78 is 35.8. The number of nitrogens with two attached hydrogens (primary N) is 1. The molecule has 15 heavy (non-hydrogen) atoms. The molecule has 0 heterocycles. The lowest BCUT2D eigenvalue weighted by molar-refractivity contribution is -0.105. The van der Waals surface area contributed by atoms with Gasteiger partial charge in [0.05, 0.1) is 11.3 Å². The van der Waals surface area contributed by atoms with Gasteiger partial charge in [0.1, 0.15) is 6.07 Å². The molecule has 0 aromatic heterocycles. The summed E-state index contributed by atoms with van der Waals surface area (Å²) in [4.78, 5) is 0.259. The molecule has 0 unspecified atom stereocenters. The third kappa shape index (κ3) is 3.72. The van der Waals surface area contributed by atoms with E-state index in [2.05, 4.69) is 0 Å². The molecule has 0 bridgehead atoms. The van der Waals surface area contributed by atoms with Gasteiger partial charge in [-0.25, -0.2) is 0 Å². The molecule has 0 spiro atoms. The van der Waals surface area contributed by atoms with Crippen LogP contribution in [0.5, 0.6) is 0 Å². The van der Waals surface area contributed by atoms with E-state index in [-0.39, 0.29) is 10.5 Å². The fraction of sp³-hybridized carbons (Fsp3) is 0.222. The fourth-order valence-corrected chi connectivity index (χ4v) is 1.72. The second-order valence-corrected chi connectivity index (χ2v) is 3.79. The molecule has 0 atom stereocenters. The van der Waals surface area contributed by atoms with Crippen LogP contribution in [0, 0.1) is 11.3 Å². The molecule has 1 rings (SSSR count). The Hall–Kier alpha value is -1.35. The Kier molecular flexibility index (Phi) is 3.48. The molecule has 0 aliphatic carbocycles. The minimum atomic E-state index is -4.25. The Balaban J connectivity index is 2.85. The Morgan fingerprint density at radius 1 is 1.40 bits per heavy atom. The van der Waals surface area contributed by atoms with Gasteiger partial charge in [-0.2, -0.15) is 18.4 Å². The summed E-state index contributed by atoms with van der Waals surface area (Å²) in [6.07, 6.45) is -4.25. The monoisotopic (exact) mass is 232 g/mol. The van der Waals surface area contributed by atoms with Crippen LogP contribution < -0.4 is 5.73 Å². The number of thioether (sulfide) groups is 1. The van der Waals surface area contributed by atoms with Crippen molar-refractivity contribution in [2.45, 2.75) is 11.1 Å². The van der Waals surface area contributed by atoms with Crippen LogP contribution in [0.1, 0.15) is 5.56 Å². The third-order valence-electron chi connectivity index (χ3n) is 1.52. The van der Waals surface area contributed by atoms with Crippen molar-refractivity contribution in [3.63, 3.8) is 0 Å². The molecule has 1 aromatic carbocycles. The number of halogens is 3. The largest absolute Gasteiger partial charge is 0.399 e. The van der Waals surface area contributed by atoms with Crippen molar-refractivity contribution in [2.75, 3.05) is 11.5 Å². The Labute approximate surface area is 88.9 Å². The lowest BCUT2D eigenvalue weighted by atomic mass is 10.2. The second kappa shape index (κ2) is 4.45. The van der Waals surface area contributed by atoms with E-state index in [1.165, 1.54) is 18.2 Å². The molecule has 0 radical (unpaired) electrons. The Morgan fingerprint density at radius 2 is 2.07 bits per heavy atom. The number of hydrogen-bond donors (Lipinski definition) is 1. The van der Waals surface area contributed by atoms with Gasteiger partial charge in [-0.3, -0.25) is 0 Å². The lowest BCUT2D eigenvalue weighted by Crippen LogP contribution is -2.10. The highest BCUT2D eigenvalue weighted by Crippen LogP contribution is 2.30. The van der Waals surface area contributed by atoms with Gasteiger partial charge in [0.25, 0.3) is 0 Å². The molecule has 1 aromatic rings. The van der Waals surface area contributed by atoms with Crippen molar-refractivity contribution in [3.8, 4) is 6.07 Å². The second-order valence-electron chi connectivity index (χ2n) is 2.77.